The predicted octanol–water partition coefficient (Wildman–Crippen LogP) is 3.09. The molecule has 104 valence electrons. The third-order valence-electron chi connectivity index (χ3n) is 4.29. The summed E-state index contributed by atoms with van der Waals surface area (Å²) in [4.78, 5) is 14.4. The molecule has 0 bridgehead atoms. The highest BCUT2D eigenvalue weighted by molar-refractivity contribution is 5.94. The van der Waals surface area contributed by atoms with E-state index in [0.717, 1.165) is 54.6 Å². The fourth-order valence-electron chi connectivity index (χ4n) is 2.76. The molecule has 0 radical (unpaired) electrons. The predicted molar refractivity (Wildman–Crippen MR) is 79.1 cm³/mol. The first-order chi connectivity index (χ1) is 8.99. The Morgan fingerprint density at radius 3 is 2.47 bits per heavy atom. The molecule has 1 aromatic carbocycles. The highest BCUT2D eigenvalue weighted by Gasteiger charge is 2.25. The number of piperidine rings is 1. The topological polar surface area (TPSA) is 46.3 Å². The van der Waals surface area contributed by atoms with Gasteiger partial charge in [-0.1, -0.05) is 13.8 Å². The van der Waals surface area contributed by atoms with Crippen molar-refractivity contribution < 1.29 is 4.79 Å². The first-order valence-electron chi connectivity index (χ1n) is 7.14. The average molecular weight is 260 g/mol. The Morgan fingerprint density at radius 1 is 1.32 bits per heavy atom. The summed E-state index contributed by atoms with van der Waals surface area (Å²) >= 11 is 0. The van der Waals surface area contributed by atoms with Crippen molar-refractivity contribution in [1.82, 2.24) is 4.90 Å². The molecule has 19 heavy (non-hydrogen) atoms. The maximum absolute atomic E-state index is 12.4. The van der Waals surface area contributed by atoms with Crippen LogP contribution in [-0.4, -0.2) is 23.9 Å². The van der Waals surface area contributed by atoms with Gasteiger partial charge < -0.3 is 10.6 Å². The summed E-state index contributed by atoms with van der Waals surface area (Å²) in [7, 11) is 0. The lowest BCUT2D eigenvalue weighted by molar-refractivity contribution is 0.0667. The number of rotatable bonds is 2. The van der Waals surface area contributed by atoms with Crippen LogP contribution in [0.2, 0.25) is 0 Å². The van der Waals surface area contributed by atoms with Gasteiger partial charge in [-0.3, -0.25) is 4.79 Å². The van der Waals surface area contributed by atoms with Crippen molar-refractivity contribution in [1.29, 1.82) is 0 Å². The summed E-state index contributed by atoms with van der Waals surface area (Å²) in [6, 6.07) is 5.55. The molecule has 1 aromatic rings. The number of carbonyl (C=O) groups is 1. The molecule has 2 rings (SSSR count). The van der Waals surface area contributed by atoms with E-state index >= 15 is 0 Å². The average Bonchev–Trinajstić information content (AvgIpc) is 2.41. The molecule has 1 aliphatic heterocycles. The number of nitrogens with two attached hydrogens (primary N) is 1. The summed E-state index contributed by atoms with van der Waals surface area (Å²) < 4.78 is 0. The maximum atomic E-state index is 12.4. The molecule has 0 saturated carbocycles. The minimum Gasteiger partial charge on any atom is -0.399 e. The molecule has 0 spiro atoms. The van der Waals surface area contributed by atoms with E-state index in [-0.39, 0.29) is 5.91 Å². The SMILES string of the molecule is Cc1cc(C(=O)N2CCC(C(C)C)CC2)ccc1N. The van der Waals surface area contributed by atoms with E-state index in [0.29, 0.717) is 0 Å². The van der Waals surface area contributed by atoms with E-state index in [1.807, 2.05) is 30.0 Å². The summed E-state index contributed by atoms with van der Waals surface area (Å²) in [6.07, 6.45) is 2.24. The fraction of sp³-hybridized carbons (Fsp3) is 0.562. The largest absolute Gasteiger partial charge is 0.399 e. The first kappa shape index (κ1) is 13.9. The molecule has 1 aliphatic rings. The Balaban J connectivity index is 2.03. The molecule has 3 nitrogen and oxygen atoms in total. The Bertz CT molecular complexity index is 460. The number of hydrogen-bond acceptors (Lipinski definition) is 2. The van der Waals surface area contributed by atoms with Crippen LogP contribution in [0.1, 0.15) is 42.6 Å². The molecule has 0 aromatic heterocycles. The van der Waals surface area contributed by atoms with E-state index in [1.54, 1.807) is 0 Å². The van der Waals surface area contributed by atoms with Crippen molar-refractivity contribution in [2.45, 2.75) is 33.6 Å². The molecular weight excluding hydrogens is 236 g/mol. The van der Waals surface area contributed by atoms with Crippen molar-refractivity contribution in [2.75, 3.05) is 18.8 Å². The first-order valence-corrected chi connectivity index (χ1v) is 7.14. The Labute approximate surface area is 115 Å². The van der Waals surface area contributed by atoms with Crippen molar-refractivity contribution in [3.8, 4) is 0 Å². The van der Waals surface area contributed by atoms with Gasteiger partial charge in [-0.15, -0.1) is 0 Å². The van der Waals surface area contributed by atoms with Crippen molar-refractivity contribution in [2.24, 2.45) is 11.8 Å². The summed E-state index contributed by atoms with van der Waals surface area (Å²) in [6.45, 7) is 8.24. The summed E-state index contributed by atoms with van der Waals surface area (Å²) in [5.41, 5.74) is 8.27. The lowest BCUT2D eigenvalue weighted by atomic mass is 9.86. The van der Waals surface area contributed by atoms with Gasteiger partial charge in [0.05, 0.1) is 0 Å². The van der Waals surface area contributed by atoms with Crippen molar-refractivity contribution in [3.05, 3.63) is 29.3 Å². The monoisotopic (exact) mass is 260 g/mol. The van der Waals surface area contributed by atoms with Gasteiger partial charge in [0, 0.05) is 24.3 Å². The van der Waals surface area contributed by atoms with Gasteiger partial charge in [-0.2, -0.15) is 0 Å². The van der Waals surface area contributed by atoms with Crippen LogP contribution in [0.25, 0.3) is 0 Å². The minimum absolute atomic E-state index is 0.144. The third-order valence-corrected chi connectivity index (χ3v) is 4.29. The molecular formula is C16H24N2O. The highest BCUT2D eigenvalue weighted by Crippen LogP contribution is 2.25. The van der Waals surface area contributed by atoms with Crippen LogP contribution in [-0.2, 0) is 0 Å². The zero-order valence-electron chi connectivity index (χ0n) is 12.1. The normalized spacial score (nSPS) is 16.9. The molecule has 3 heteroatoms. The zero-order valence-corrected chi connectivity index (χ0v) is 12.1. The maximum Gasteiger partial charge on any atom is 0.253 e. The number of hydrogen-bond donors (Lipinski definition) is 1. The molecule has 1 saturated heterocycles. The highest BCUT2D eigenvalue weighted by atomic mass is 16.2. The van der Waals surface area contributed by atoms with Crippen molar-refractivity contribution in [3.63, 3.8) is 0 Å². The molecule has 2 N–H and O–H groups in total. The number of amides is 1. The van der Waals surface area contributed by atoms with Gasteiger partial charge >= 0.3 is 0 Å². The van der Waals surface area contributed by atoms with Gasteiger partial charge in [-0.25, -0.2) is 0 Å². The van der Waals surface area contributed by atoms with Gasteiger partial charge in [0.15, 0.2) is 0 Å². The van der Waals surface area contributed by atoms with Crippen LogP contribution in [0.5, 0.6) is 0 Å². The second-order valence-corrected chi connectivity index (χ2v) is 5.95. The quantitative estimate of drug-likeness (QED) is 0.831. The van der Waals surface area contributed by atoms with Crippen LogP contribution in [0, 0.1) is 18.8 Å². The third kappa shape index (κ3) is 3.09. The van der Waals surface area contributed by atoms with Gasteiger partial charge in [-0.05, 0) is 55.4 Å². The zero-order chi connectivity index (χ0) is 14.0. The van der Waals surface area contributed by atoms with Gasteiger partial charge in [0.2, 0.25) is 0 Å². The number of likely N-dealkylation sites (tertiary alicyclic amines) is 1. The van der Waals surface area contributed by atoms with E-state index < -0.39 is 0 Å². The number of benzene rings is 1. The van der Waals surface area contributed by atoms with Crippen molar-refractivity contribution >= 4 is 11.6 Å². The van der Waals surface area contributed by atoms with Crippen LogP contribution in [0.3, 0.4) is 0 Å². The molecule has 1 amide bonds. The Kier molecular flexibility index (Phi) is 4.13. The molecule has 0 unspecified atom stereocenters. The lowest BCUT2D eigenvalue weighted by Gasteiger charge is -2.34. The number of carbonyl (C=O) groups excluding carboxylic acids is 1. The number of nitrogen functional groups attached to an aromatic ring is 1. The van der Waals surface area contributed by atoms with E-state index in [2.05, 4.69) is 13.8 Å². The van der Waals surface area contributed by atoms with Gasteiger partial charge in [0.1, 0.15) is 0 Å². The van der Waals surface area contributed by atoms with E-state index in [9.17, 15) is 4.79 Å². The standard InChI is InChI=1S/C16H24N2O/c1-11(2)13-6-8-18(9-7-13)16(19)14-4-5-15(17)12(3)10-14/h4-5,10-11,13H,6-9,17H2,1-3H3. The summed E-state index contributed by atoms with van der Waals surface area (Å²) in [5.74, 6) is 1.62. The fourth-order valence-corrected chi connectivity index (χ4v) is 2.76. The van der Waals surface area contributed by atoms with E-state index in [4.69, 9.17) is 5.73 Å². The number of aryl methyl sites for hydroxylation is 1. The smallest absolute Gasteiger partial charge is 0.253 e. The van der Waals surface area contributed by atoms with E-state index in [1.165, 1.54) is 0 Å². The molecule has 0 atom stereocenters. The summed E-state index contributed by atoms with van der Waals surface area (Å²) in [5, 5.41) is 0. The molecule has 0 aliphatic carbocycles. The Morgan fingerprint density at radius 2 is 1.95 bits per heavy atom. The molecule has 1 heterocycles. The van der Waals surface area contributed by atoms with Crippen LogP contribution in [0.15, 0.2) is 18.2 Å². The van der Waals surface area contributed by atoms with Gasteiger partial charge in [0.25, 0.3) is 5.91 Å². The van der Waals surface area contributed by atoms with Crippen LogP contribution < -0.4 is 5.73 Å². The minimum atomic E-state index is 0.144. The Hall–Kier alpha value is -1.51. The second kappa shape index (κ2) is 5.64. The van der Waals surface area contributed by atoms with Crippen LogP contribution in [0.4, 0.5) is 5.69 Å². The number of nitrogens with zero attached hydrogens (tertiary/aromatic N) is 1. The molecule has 1 fully saturated rings. The van der Waals surface area contributed by atoms with Crippen LogP contribution >= 0.6 is 0 Å². The second-order valence-electron chi connectivity index (χ2n) is 5.95. The lowest BCUT2D eigenvalue weighted by Crippen LogP contribution is -2.39. The number of anilines is 1.